The van der Waals surface area contributed by atoms with E-state index < -0.39 is 10.1 Å². The van der Waals surface area contributed by atoms with E-state index in [9.17, 15) is 8.42 Å². The van der Waals surface area contributed by atoms with Gasteiger partial charge in [-0.1, -0.05) is 18.2 Å². The van der Waals surface area contributed by atoms with Crippen molar-refractivity contribution in [2.45, 2.75) is 4.90 Å². The van der Waals surface area contributed by atoms with Crippen LogP contribution in [0.5, 0.6) is 0 Å². The topological polar surface area (TPSA) is 54.4 Å². The van der Waals surface area contributed by atoms with Gasteiger partial charge in [-0.15, -0.1) is 0 Å². The van der Waals surface area contributed by atoms with Crippen molar-refractivity contribution >= 4 is 37.4 Å². The summed E-state index contributed by atoms with van der Waals surface area (Å²) >= 11 is 0. The maximum absolute atomic E-state index is 10.4. The van der Waals surface area contributed by atoms with Crippen LogP contribution in [-0.2, 0) is 10.1 Å². The molecule has 0 amide bonds. The van der Waals surface area contributed by atoms with E-state index in [1.165, 1.54) is 12.1 Å². The molecular formula is C6H6O3PbS. The Kier molecular flexibility index (Phi) is 4.19. The van der Waals surface area contributed by atoms with Gasteiger partial charge in [0.1, 0.15) is 0 Å². The molecule has 0 bridgehead atoms. The van der Waals surface area contributed by atoms with E-state index in [1.54, 1.807) is 18.2 Å². The van der Waals surface area contributed by atoms with E-state index in [0.29, 0.717) is 0 Å². The van der Waals surface area contributed by atoms with Gasteiger partial charge in [-0.05, 0) is 12.1 Å². The molecule has 0 saturated carbocycles. The Morgan fingerprint density at radius 3 is 1.82 bits per heavy atom. The predicted octanol–water partition coefficient (Wildman–Crippen LogP) is 0.553. The van der Waals surface area contributed by atoms with Crippen LogP contribution in [0, 0.1) is 0 Å². The number of rotatable bonds is 1. The Bertz CT molecular complexity index is 306. The van der Waals surface area contributed by atoms with Gasteiger partial charge >= 0.3 is 0 Å². The van der Waals surface area contributed by atoms with Crippen molar-refractivity contribution in [3.05, 3.63) is 30.3 Å². The molecule has 0 aliphatic heterocycles. The standard InChI is InChI=1S/C6H6O3S.Pb/c7-10(8,9)6-4-2-1-3-5-6;/h1-5H,(H,7,8,9);. The summed E-state index contributed by atoms with van der Waals surface area (Å²) in [5, 5.41) is 0. The van der Waals surface area contributed by atoms with Crippen molar-refractivity contribution in [2.75, 3.05) is 0 Å². The van der Waals surface area contributed by atoms with Gasteiger partial charge in [-0.3, -0.25) is 4.55 Å². The molecule has 0 atom stereocenters. The van der Waals surface area contributed by atoms with Crippen LogP contribution in [-0.4, -0.2) is 40.3 Å². The molecule has 0 heterocycles. The van der Waals surface area contributed by atoms with E-state index in [1.807, 2.05) is 0 Å². The molecule has 0 unspecified atom stereocenters. The summed E-state index contributed by atoms with van der Waals surface area (Å²) < 4.78 is 29.2. The zero-order valence-corrected chi connectivity index (χ0v) is 10.3. The minimum Gasteiger partial charge on any atom is -0.282 e. The number of benzene rings is 1. The molecule has 1 aromatic carbocycles. The van der Waals surface area contributed by atoms with Crippen molar-refractivity contribution in [1.82, 2.24) is 0 Å². The molecule has 1 aromatic rings. The van der Waals surface area contributed by atoms with E-state index in [0.717, 1.165) is 0 Å². The SMILES string of the molecule is O=S(=O)(O)c1ccccc1.[Pb]. The first-order chi connectivity index (χ1) is 4.61. The molecule has 58 valence electrons. The Labute approximate surface area is 85.3 Å². The second-order valence-corrected chi connectivity index (χ2v) is 3.21. The molecule has 1 N–H and O–H groups in total. The van der Waals surface area contributed by atoms with Crippen LogP contribution in [0.2, 0.25) is 0 Å². The molecule has 0 spiro atoms. The van der Waals surface area contributed by atoms with Gasteiger partial charge in [-0.2, -0.15) is 8.42 Å². The van der Waals surface area contributed by atoms with Gasteiger partial charge in [0.2, 0.25) is 0 Å². The fraction of sp³-hybridized carbons (Fsp3) is 0. The number of hydrogen-bond acceptors (Lipinski definition) is 2. The van der Waals surface area contributed by atoms with Gasteiger partial charge in [0.05, 0.1) is 4.90 Å². The first-order valence-electron chi connectivity index (χ1n) is 2.63. The van der Waals surface area contributed by atoms with E-state index in [4.69, 9.17) is 4.55 Å². The van der Waals surface area contributed by atoms with Crippen LogP contribution < -0.4 is 0 Å². The first-order valence-corrected chi connectivity index (χ1v) is 4.07. The van der Waals surface area contributed by atoms with Crippen molar-refractivity contribution in [3.8, 4) is 0 Å². The molecule has 11 heavy (non-hydrogen) atoms. The normalized spacial score (nSPS) is 10.3. The van der Waals surface area contributed by atoms with Gasteiger partial charge in [-0.25, -0.2) is 0 Å². The van der Waals surface area contributed by atoms with Crippen LogP contribution in [0.25, 0.3) is 0 Å². The van der Waals surface area contributed by atoms with Gasteiger partial charge in [0, 0.05) is 27.3 Å². The van der Waals surface area contributed by atoms with Crippen molar-refractivity contribution in [3.63, 3.8) is 0 Å². The fourth-order valence-electron chi connectivity index (χ4n) is 0.592. The molecule has 0 aliphatic carbocycles. The molecule has 0 aliphatic rings. The van der Waals surface area contributed by atoms with Crippen LogP contribution in [0.4, 0.5) is 0 Å². The first kappa shape index (κ1) is 11.1. The van der Waals surface area contributed by atoms with Crippen LogP contribution in [0.15, 0.2) is 35.2 Å². The summed E-state index contributed by atoms with van der Waals surface area (Å²) in [6.45, 7) is 0. The third-order valence-electron chi connectivity index (χ3n) is 1.04. The summed E-state index contributed by atoms with van der Waals surface area (Å²) in [7, 11) is -4.00. The fourth-order valence-corrected chi connectivity index (χ4v) is 1.09. The van der Waals surface area contributed by atoms with Gasteiger partial charge in [0.25, 0.3) is 10.1 Å². The van der Waals surface area contributed by atoms with E-state index in [2.05, 4.69) is 0 Å². The average molecular weight is 365 g/mol. The Balaban J connectivity index is 0.000001000. The second kappa shape index (κ2) is 4.17. The van der Waals surface area contributed by atoms with Crippen LogP contribution in [0.3, 0.4) is 0 Å². The van der Waals surface area contributed by atoms with Crippen molar-refractivity contribution in [2.24, 2.45) is 0 Å². The summed E-state index contributed by atoms with van der Waals surface area (Å²) in [6, 6.07) is 7.42. The third kappa shape index (κ3) is 3.30. The monoisotopic (exact) mass is 366 g/mol. The summed E-state index contributed by atoms with van der Waals surface area (Å²) in [4.78, 5) is -0.0741. The molecule has 0 aromatic heterocycles. The summed E-state index contributed by atoms with van der Waals surface area (Å²) in [5.74, 6) is 0. The minimum atomic E-state index is -4.00. The number of hydrogen-bond donors (Lipinski definition) is 1. The average Bonchev–Trinajstić information content (AvgIpc) is 1.88. The summed E-state index contributed by atoms with van der Waals surface area (Å²) in [6.07, 6.45) is 0. The predicted molar refractivity (Wildman–Crippen MR) is 42.0 cm³/mol. The Morgan fingerprint density at radius 1 is 1.09 bits per heavy atom. The third-order valence-corrected chi connectivity index (χ3v) is 1.91. The minimum absolute atomic E-state index is 0. The molecule has 0 fully saturated rings. The molecule has 1 rings (SSSR count). The van der Waals surface area contributed by atoms with Crippen molar-refractivity contribution in [1.29, 1.82) is 0 Å². The van der Waals surface area contributed by atoms with Crippen molar-refractivity contribution < 1.29 is 13.0 Å². The van der Waals surface area contributed by atoms with E-state index >= 15 is 0 Å². The maximum atomic E-state index is 10.4. The molecule has 0 saturated heterocycles. The Morgan fingerprint density at radius 2 is 1.55 bits per heavy atom. The molecule has 5 heteroatoms. The van der Waals surface area contributed by atoms with Crippen LogP contribution >= 0.6 is 0 Å². The summed E-state index contributed by atoms with van der Waals surface area (Å²) in [5.41, 5.74) is 0. The second-order valence-electron chi connectivity index (χ2n) is 1.79. The maximum Gasteiger partial charge on any atom is 0.294 e. The Hall–Kier alpha value is 0.0521. The quantitative estimate of drug-likeness (QED) is 0.584. The van der Waals surface area contributed by atoms with E-state index in [-0.39, 0.29) is 32.2 Å². The zero-order chi connectivity index (χ0) is 7.61. The molecular weight excluding hydrogens is 359 g/mol. The molecule has 4 radical (unpaired) electrons. The smallest absolute Gasteiger partial charge is 0.282 e. The van der Waals surface area contributed by atoms with Gasteiger partial charge < -0.3 is 0 Å². The van der Waals surface area contributed by atoms with Gasteiger partial charge in [0.15, 0.2) is 0 Å². The zero-order valence-electron chi connectivity index (χ0n) is 5.56. The molecule has 3 nitrogen and oxygen atoms in total. The largest absolute Gasteiger partial charge is 0.294 e. The van der Waals surface area contributed by atoms with Crippen LogP contribution in [0.1, 0.15) is 0 Å².